The Labute approximate surface area is 70.6 Å². The number of hydrogen-bond donors (Lipinski definition) is 0. The summed E-state index contributed by atoms with van der Waals surface area (Å²) in [5.41, 5.74) is 0.902. The molecule has 0 aliphatic rings. The molecule has 60 valence electrons. The van der Waals surface area contributed by atoms with Gasteiger partial charge in [0.15, 0.2) is 0 Å². The van der Waals surface area contributed by atoms with Crippen LogP contribution >= 0.6 is 0 Å². The molecule has 1 heterocycles. The lowest BCUT2D eigenvalue weighted by Gasteiger charge is -2.04. The largest absolute Gasteiger partial charge is 0.480 e. The van der Waals surface area contributed by atoms with Crippen molar-refractivity contribution in [1.29, 1.82) is 0 Å². The number of methoxy groups -OCH3 is 1. The zero-order valence-corrected chi connectivity index (χ0v) is 6.53. The zero-order valence-electron chi connectivity index (χ0n) is 9.53. The van der Waals surface area contributed by atoms with E-state index < -0.39 is 7.04 Å². The molecule has 0 amide bonds. The van der Waals surface area contributed by atoms with Gasteiger partial charge in [-0.15, -0.1) is 5.10 Å². The number of nitrogens with zero attached hydrogens (tertiary/aromatic N) is 2. The molecule has 0 saturated heterocycles. The van der Waals surface area contributed by atoms with Crippen molar-refractivity contribution in [2.24, 2.45) is 0 Å². The van der Waals surface area contributed by atoms with E-state index in [1.165, 1.54) is 0 Å². The van der Waals surface area contributed by atoms with Gasteiger partial charge in [0, 0.05) is 6.07 Å². The molecule has 0 aliphatic heterocycles. The number of aromatic nitrogens is 2. The van der Waals surface area contributed by atoms with Crippen LogP contribution in [0.15, 0.2) is 12.3 Å². The smallest absolute Gasteiger partial charge is 0.233 e. The van der Waals surface area contributed by atoms with E-state index >= 15 is 0 Å². The molecular weight excluding hydrogens is 140 g/mol. The Morgan fingerprint density at radius 2 is 2.45 bits per heavy atom. The highest BCUT2D eigenvalue weighted by Crippen LogP contribution is 2.15. The van der Waals surface area contributed by atoms with E-state index in [0.717, 1.165) is 5.56 Å². The predicted molar refractivity (Wildman–Crippen MR) is 42.7 cm³/mol. The molecule has 0 N–H and O–H groups in total. The maximum absolute atomic E-state index is 6.89. The van der Waals surface area contributed by atoms with Crippen molar-refractivity contribution >= 4 is 0 Å². The molecule has 0 saturated carbocycles. The number of hydrogen-bond acceptors (Lipinski definition) is 3. The average Bonchev–Trinajstić information content (AvgIpc) is 2.01. The van der Waals surface area contributed by atoms with E-state index in [2.05, 4.69) is 14.9 Å². The number of rotatable bonds is 2. The van der Waals surface area contributed by atoms with E-state index in [1.807, 2.05) is 13.8 Å². The highest BCUT2D eigenvalue weighted by atomic mass is 16.5. The van der Waals surface area contributed by atoms with Gasteiger partial charge < -0.3 is 4.74 Å². The predicted octanol–water partition coefficient (Wildman–Crippen LogP) is 1.61. The summed E-state index contributed by atoms with van der Waals surface area (Å²) < 4.78 is 25.3. The maximum Gasteiger partial charge on any atom is 0.233 e. The first kappa shape index (κ1) is 4.70. The highest BCUT2D eigenvalue weighted by molar-refractivity contribution is 5.19. The minimum atomic E-state index is -2.47. The fourth-order valence-corrected chi connectivity index (χ4v) is 0.727. The summed E-state index contributed by atoms with van der Waals surface area (Å²) in [4.78, 5) is 0. The Morgan fingerprint density at radius 1 is 1.64 bits per heavy atom. The van der Waals surface area contributed by atoms with Gasteiger partial charge in [0.1, 0.15) is 0 Å². The lowest BCUT2D eigenvalue weighted by Crippen LogP contribution is -1.94. The lowest BCUT2D eigenvalue weighted by atomic mass is 10.1. The molecular formula is C8H12N2O. The standard InChI is InChI=1S/C8H12N2O/c1-6(2)7-4-8(11-3)10-9-5-7/h4-6H,1-3H3/i3D3. The molecule has 0 radical (unpaired) electrons. The number of ether oxygens (including phenoxy) is 1. The Kier molecular flexibility index (Phi) is 1.42. The second kappa shape index (κ2) is 3.32. The molecule has 0 unspecified atom stereocenters. The molecule has 1 aromatic heterocycles. The van der Waals surface area contributed by atoms with E-state index in [0.29, 0.717) is 0 Å². The average molecular weight is 155 g/mol. The van der Waals surface area contributed by atoms with Gasteiger partial charge in [0.05, 0.1) is 17.3 Å². The van der Waals surface area contributed by atoms with Crippen LogP contribution in [-0.2, 0) is 0 Å². The van der Waals surface area contributed by atoms with Gasteiger partial charge in [-0.3, -0.25) is 0 Å². The first-order valence-corrected chi connectivity index (χ1v) is 3.40. The van der Waals surface area contributed by atoms with Crippen molar-refractivity contribution in [3.63, 3.8) is 0 Å². The fraction of sp³-hybridized carbons (Fsp3) is 0.500. The molecule has 3 heteroatoms. The molecule has 0 bridgehead atoms. The van der Waals surface area contributed by atoms with Crippen LogP contribution in [0, 0.1) is 0 Å². The van der Waals surface area contributed by atoms with Crippen molar-refractivity contribution in [1.82, 2.24) is 10.2 Å². The molecule has 1 aromatic rings. The van der Waals surface area contributed by atoms with Crippen LogP contribution in [0.2, 0.25) is 0 Å². The maximum atomic E-state index is 6.89. The van der Waals surface area contributed by atoms with Gasteiger partial charge in [-0.05, 0) is 11.5 Å². The third kappa shape index (κ3) is 1.90. The summed E-state index contributed by atoms with van der Waals surface area (Å²) in [5.74, 6) is 0.306. The van der Waals surface area contributed by atoms with Crippen LogP contribution in [0.1, 0.15) is 29.4 Å². The molecule has 0 atom stereocenters. The zero-order chi connectivity index (χ0) is 10.8. The molecule has 0 spiro atoms. The monoisotopic (exact) mass is 155 g/mol. The summed E-state index contributed by atoms with van der Waals surface area (Å²) in [6, 6.07) is 1.59. The van der Waals surface area contributed by atoms with Gasteiger partial charge in [-0.2, -0.15) is 5.10 Å². The van der Waals surface area contributed by atoms with Crippen LogP contribution < -0.4 is 4.74 Å². The molecule has 0 aliphatic carbocycles. The van der Waals surface area contributed by atoms with Gasteiger partial charge >= 0.3 is 0 Å². The van der Waals surface area contributed by atoms with Crippen LogP contribution in [0.5, 0.6) is 5.88 Å². The second-order valence-electron chi connectivity index (χ2n) is 2.58. The molecule has 3 nitrogen and oxygen atoms in total. The minimum absolute atomic E-state index is 0.0381. The van der Waals surface area contributed by atoms with Gasteiger partial charge in [-0.25, -0.2) is 0 Å². The SMILES string of the molecule is [2H]C([2H])([2H])Oc1cc(C(C)C)cnn1. The Morgan fingerprint density at radius 3 is 3.09 bits per heavy atom. The van der Waals surface area contributed by atoms with E-state index in [-0.39, 0.29) is 11.8 Å². The Hall–Kier alpha value is -1.12. The van der Waals surface area contributed by atoms with Gasteiger partial charge in [-0.1, -0.05) is 13.8 Å². The van der Waals surface area contributed by atoms with Crippen molar-refractivity contribution in [2.75, 3.05) is 7.04 Å². The third-order valence-corrected chi connectivity index (χ3v) is 1.42. The van der Waals surface area contributed by atoms with Crippen LogP contribution in [0.4, 0.5) is 0 Å². The Balaban J connectivity index is 2.84. The van der Waals surface area contributed by atoms with Gasteiger partial charge in [0.25, 0.3) is 0 Å². The lowest BCUT2D eigenvalue weighted by molar-refractivity contribution is 0.391. The van der Waals surface area contributed by atoms with Crippen LogP contribution in [0.25, 0.3) is 0 Å². The Bertz CT molecular complexity index is 312. The van der Waals surface area contributed by atoms with Crippen molar-refractivity contribution in [3.8, 4) is 5.88 Å². The summed E-state index contributed by atoms with van der Waals surface area (Å²) in [6.07, 6.45) is 1.59. The minimum Gasteiger partial charge on any atom is -0.480 e. The van der Waals surface area contributed by atoms with E-state index in [1.54, 1.807) is 12.3 Å². The van der Waals surface area contributed by atoms with Crippen molar-refractivity contribution < 1.29 is 8.85 Å². The van der Waals surface area contributed by atoms with E-state index in [4.69, 9.17) is 4.11 Å². The van der Waals surface area contributed by atoms with Crippen molar-refractivity contribution in [3.05, 3.63) is 17.8 Å². The molecule has 0 aromatic carbocycles. The summed E-state index contributed by atoms with van der Waals surface area (Å²) in [7, 11) is -2.47. The first-order valence-electron chi connectivity index (χ1n) is 4.90. The summed E-state index contributed by atoms with van der Waals surface area (Å²) >= 11 is 0. The third-order valence-electron chi connectivity index (χ3n) is 1.42. The van der Waals surface area contributed by atoms with Crippen LogP contribution in [-0.4, -0.2) is 17.2 Å². The summed E-state index contributed by atoms with van der Waals surface area (Å²) in [6.45, 7) is 3.96. The van der Waals surface area contributed by atoms with Gasteiger partial charge in [0.2, 0.25) is 5.88 Å². The topological polar surface area (TPSA) is 35.0 Å². The summed E-state index contributed by atoms with van der Waals surface area (Å²) in [5, 5.41) is 7.24. The molecule has 11 heavy (non-hydrogen) atoms. The molecule has 0 fully saturated rings. The first-order chi connectivity index (χ1) is 6.38. The normalized spacial score (nSPS) is 15.4. The quantitative estimate of drug-likeness (QED) is 0.650. The fourth-order valence-electron chi connectivity index (χ4n) is 0.727. The molecule has 1 rings (SSSR count). The second-order valence-corrected chi connectivity index (χ2v) is 2.58. The van der Waals surface area contributed by atoms with Crippen molar-refractivity contribution in [2.45, 2.75) is 19.8 Å². The highest BCUT2D eigenvalue weighted by Gasteiger charge is 2.01. The van der Waals surface area contributed by atoms with E-state index in [9.17, 15) is 0 Å². The van der Waals surface area contributed by atoms with Crippen LogP contribution in [0.3, 0.4) is 0 Å².